The van der Waals surface area contributed by atoms with E-state index in [9.17, 15) is 10.1 Å². The van der Waals surface area contributed by atoms with E-state index in [1.807, 2.05) is 31.2 Å². The molecule has 0 aliphatic carbocycles. The first-order chi connectivity index (χ1) is 10.1. The van der Waals surface area contributed by atoms with E-state index in [1.54, 1.807) is 0 Å². The van der Waals surface area contributed by atoms with Crippen LogP contribution in [0.15, 0.2) is 42.5 Å². The summed E-state index contributed by atoms with van der Waals surface area (Å²) in [6, 6.07) is 11.9. The maximum Gasteiger partial charge on any atom is 0.269 e. The fraction of sp³-hybridized carbons (Fsp3) is 0.200. The fourth-order valence-electron chi connectivity index (χ4n) is 1.87. The third-order valence-electron chi connectivity index (χ3n) is 2.87. The van der Waals surface area contributed by atoms with Gasteiger partial charge in [-0.3, -0.25) is 10.1 Å². The summed E-state index contributed by atoms with van der Waals surface area (Å²) in [7, 11) is 0. The van der Waals surface area contributed by atoms with E-state index in [0.29, 0.717) is 23.7 Å². The molecule has 6 heteroatoms. The van der Waals surface area contributed by atoms with Crippen LogP contribution in [0.5, 0.6) is 5.75 Å². The predicted octanol–water partition coefficient (Wildman–Crippen LogP) is 4.26. The Labute approximate surface area is 127 Å². The van der Waals surface area contributed by atoms with Gasteiger partial charge in [0, 0.05) is 35.5 Å². The van der Waals surface area contributed by atoms with Crippen LogP contribution in [0.1, 0.15) is 12.5 Å². The Hall–Kier alpha value is -2.27. The molecular weight excluding hydrogens is 292 g/mol. The van der Waals surface area contributed by atoms with Crippen LogP contribution in [0.2, 0.25) is 5.02 Å². The number of hydrogen-bond donors (Lipinski definition) is 1. The first-order valence-corrected chi connectivity index (χ1v) is 6.87. The largest absolute Gasteiger partial charge is 0.494 e. The van der Waals surface area contributed by atoms with Crippen molar-refractivity contribution in [1.82, 2.24) is 0 Å². The van der Waals surface area contributed by atoms with Gasteiger partial charge in [0.1, 0.15) is 5.75 Å². The van der Waals surface area contributed by atoms with Crippen LogP contribution in [0.3, 0.4) is 0 Å². The van der Waals surface area contributed by atoms with Crippen molar-refractivity contribution < 1.29 is 9.66 Å². The third-order valence-corrected chi connectivity index (χ3v) is 3.24. The van der Waals surface area contributed by atoms with Gasteiger partial charge in [0.05, 0.1) is 11.5 Å². The summed E-state index contributed by atoms with van der Waals surface area (Å²) in [6.45, 7) is 2.92. The molecule has 0 aliphatic rings. The average molecular weight is 307 g/mol. The van der Waals surface area contributed by atoms with Gasteiger partial charge < -0.3 is 10.1 Å². The summed E-state index contributed by atoms with van der Waals surface area (Å²) in [5, 5.41) is 14.5. The molecule has 0 aliphatic heterocycles. The Morgan fingerprint density at radius 1 is 1.29 bits per heavy atom. The molecule has 0 heterocycles. The van der Waals surface area contributed by atoms with Gasteiger partial charge in [-0.05, 0) is 30.7 Å². The summed E-state index contributed by atoms with van der Waals surface area (Å²) in [6.07, 6.45) is 0. The highest BCUT2D eigenvalue weighted by Gasteiger charge is 2.09. The molecular formula is C15H15ClN2O3. The minimum atomic E-state index is -0.435. The van der Waals surface area contributed by atoms with Gasteiger partial charge in [-0.15, -0.1) is 0 Å². The minimum absolute atomic E-state index is 0.0271. The summed E-state index contributed by atoms with van der Waals surface area (Å²) in [5.74, 6) is 0.771. The van der Waals surface area contributed by atoms with Crippen molar-refractivity contribution in [3.05, 3.63) is 63.2 Å². The molecule has 21 heavy (non-hydrogen) atoms. The van der Waals surface area contributed by atoms with Gasteiger partial charge in [0.15, 0.2) is 0 Å². The number of ether oxygens (including phenoxy) is 1. The zero-order valence-electron chi connectivity index (χ0n) is 11.5. The Balaban J connectivity index is 2.10. The highest BCUT2D eigenvalue weighted by molar-refractivity contribution is 6.31. The molecule has 0 fully saturated rings. The molecule has 2 aromatic carbocycles. The molecule has 1 N–H and O–H groups in total. The number of nitro groups is 1. The van der Waals surface area contributed by atoms with E-state index in [0.717, 1.165) is 11.4 Å². The molecule has 0 radical (unpaired) electrons. The van der Waals surface area contributed by atoms with Crippen molar-refractivity contribution in [3.8, 4) is 5.75 Å². The lowest BCUT2D eigenvalue weighted by molar-refractivity contribution is -0.384. The van der Waals surface area contributed by atoms with Gasteiger partial charge >= 0.3 is 0 Å². The summed E-state index contributed by atoms with van der Waals surface area (Å²) in [4.78, 5) is 10.3. The number of halogens is 1. The number of nitrogens with zero attached hydrogens (tertiary/aromatic N) is 1. The molecule has 110 valence electrons. The van der Waals surface area contributed by atoms with Crippen molar-refractivity contribution in [1.29, 1.82) is 0 Å². The number of benzene rings is 2. The van der Waals surface area contributed by atoms with Crippen LogP contribution in [0.4, 0.5) is 11.4 Å². The van der Waals surface area contributed by atoms with E-state index in [2.05, 4.69) is 5.32 Å². The SMILES string of the molecule is CCOc1cccc(NCc2cc([N+](=O)[O-])ccc2Cl)c1. The van der Waals surface area contributed by atoms with Crippen molar-refractivity contribution in [2.75, 3.05) is 11.9 Å². The smallest absolute Gasteiger partial charge is 0.269 e. The van der Waals surface area contributed by atoms with Crippen molar-refractivity contribution >= 4 is 23.0 Å². The van der Waals surface area contributed by atoms with Crippen LogP contribution in [-0.4, -0.2) is 11.5 Å². The lowest BCUT2D eigenvalue weighted by atomic mass is 10.2. The van der Waals surface area contributed by atoms with Crippen molar-refractivity contribution in [2.24, 2.45) is 0 Å². The van der Waals surface area contributed by atoms with Gasteiger partial charge in [0.2, 0.25) is 0 Å². The van der Waals surface area contributed by atoms with Crippen LogP contribution in [0.25, 0.3) is 0 Å². The lowest BCUT2D eigenvalue weighted by Crippen LogP contribution is -2.01. The highest BCUT2D eigenvalue weighted by Crippen LogP contribution is 2.24. The minimum Gasteiger partial charge on any atom is -0.494 e. The van der Waals surface area contributed by atoms with E-state index in [4.69, 9.17) is 16.3 Å². The Bertz CT molecular complexity index is 647. The summed E-state index contributed by atoms with van der Waals surface area (Å²) >= 11 is 6.06. The van der Waals surface area contributed by atoms with E-state index < -0.39 is 4.92 Å². The summed E-state index contributed by atoms with van der Waals surface area (Å²) < 4.78 is 5.42. The van der Waals surface area contributed by atoms with Crippen LogP contribution >= 0.6 is 11.6 Å². The molecule has 0 atom stereocenters. The van der Waals surface area contributed by atoms with Gasteiger partial charge in [-0.2, -0.15) is 0 Å². The molecule has 5 nitrogen and oxygen atoms in total. The third kappa shape index (κ3) is 4.10. The second-order valence-electron chi connectivity index (χ2n) is 4.35. The van der Waals surface area contributed by atoms with Crippen LogP contribution < -0.4 is 10.1 Å². The number of hydrogen-bond acceptors (Lipinski definition) is 4. The maximum absolute atomic E-state index is 10.8. The number of anilines is 1. The van der Waals surface area contributed by atoms with Gasteiger partial charge in [-0.1, -0.05) is 17.7 Å². The Kier molecular flexibility index (Phi) is 5.00. The van der Waals surface area contributed by atoms with E-state index in [-0.39, 0.29) is 5.69 Å². The maximum atomic E-state index is 10.8. The van der Waals surface area contributed by atoms with Gasteiger partial charge in [0.25, 0.3) is 5.69 Å². The number of nitrogens with one attached hydrogen (secondary N) is 1. The average Bonchev–Trinajstić information content (AvgIpc) is 2.47. The van der Waals surface area contributed by atoms with E-state index >= 15 is 0 Å². The quantitative estimate of drug-likeness (QED) is 0.640. The molecule has 0 aromatic heterocycles. The predicted molar refractivity (Wildman–Crippen MR) is 83.0 cm³/mol. The van der Waals surface area contributed by atoms with Crippen molar-refractivity contribution in [2.45, 2.75) is 13.5 Å². The first kappa shape index (κ1) is 15.1. The zero-order valence-corrected chi connectivity index (χ0v) is 12.3. The Morgan fingerprint density at radius 2 is 2.10 bits per heavy atom. The standard InChI is InChI=1S/C15H15ClN2O3/c1-2-21-14-5-3-4-12(9-14)17-10-11-8-13(18(19)20)6-7-15(11)16/h3-9,17H,2,10H2,1H3. The highest BCUT2D eigenvalue weighted by atomic mass is 35.5. The Morgan fingerprint density at radius 3 is 2.81 bits per heavy atom. The monoisotopic (exact) mass is 306 g/mol. The lowest BCUT2D eigenvalue weighted by Gasteiger charge is -2.10. The molecule has 0 saturated carbocycles. The summed E-state index contributed by atoms with van der Waals surface area (Å²) in [5.41, 5.74) is 1.57. The number of nitro benzene ring substituents is 1. The number of rotatable bonds is 6. The van der Waals surface area contributed by atoms with Crippen LogP contribution in [-0.2, 0) is 6.54 Å². The molecule has 2 rings (SSSR count). The normalized spacial score (nSPS) is 10.2. The zero-order chi connectivity index (χ0) is 15.2. The first-order valence-electron chi connectivity index (χ1n) is 6.49. The topological polar surface area (TPSA) is 64.4 Å². The second kappa shape index (κ2) is 6.95. The van der Waals surface area contributed by atoms with Crippen molar-refractivity contribution in [3.63, 3.8) is 0 Å². The number of non-ortho nitro benzene ring substituents is 1. The fourth-order valence-corrected chi connectivity index (χ4v) is 2.05. The van der Waals surface area contributed by atoms with E-state index in [1.165, 1.54) is 18.2 Å². The molecule has 0 unspecified atom stereocenters. The molecule has 0 bridgehead atoms. The molecule has 0 amide bonds. The van der Waals surface area contributed by atoms with Gasteiger partial charge in [-0.25, -0.2) is 0 Å². The van der Waals surface area contributed by atoms with Crippen LogP contribution in [0, 0.1) is 10.1 Å². The molecule has 0 saturated heterocycles. The molecule has 0 spiro atoms. The molecule has 2 aromatic rings. The second-order valence-corrected chi connectivity index (χ2v) is 4.75.